The van der Waals surface area contributed by atoms with Crippen LogP contribution in [0.5, 0.6) is 0 Å². The Labute approximate surface area is 90.2 Å². The third-order valence-corrected chi connectivity index (χ3v) is 1.97. The minimum absolute atomic E-state index is 0.0543. The van der Waals surface area contributed by atoms with Crippen LogP contribution in [0.15, 0.2) is 33.7 Å². The molecular formula is C10H9N3O3. The minimum atomic E-state index is -1.11. The van der Waals surface area contributed by atoms with Gasteiger partial charge >= 0.3 is 5.97 Å². The highest BCUT2D eigenvalue weighted by molar-refractivity contribution is 5.92. The van der Waals surface area contributed by atoms with Gasteiger partial charge in [0.2, 0.25) is 5.76 Å². The van der Waals surface area contributed by atoms with E-state index in [2.05, 4.69) is 4.99 Å². The second-order valence-electron chi connectivity index (χ2n) is 3.17. The molecule has 0 saturated heterocycles. The van der Waals surface area contributed by atoms with Gasteiger partial charge in [0.25, 0.3) is 0 Å². The molecule has 0 radical (unpaired) electrons. The molecule has 16 heavy (non-hydrogen) atoms. The number of benzene rings is 1. The van der Waals surface area contributed by atoms with Crippen molar-refractivity contribution in [1.29, 1.82) is 0 Å². The maximum Gasteiger partial charge on any atom is 0.371 e. The van der Waals surface area contributed by atoms with Gasteiger partial charge in [-0.25, -0.2) is 9.79 Å². The summed E-state index contributed by atoms with van der Waals surface area (Å²) >= 11 is 0. The molecule has 1 aromatic carbocycles. The van der Waals surface area contributed by atoms with Crippen LogP contribution in [0.25, 0.3) is 11.0 Å². The Morgan fingerprint density at radius 3 is 2.69 bits per heavy atom. The first-order valence-electron chi connectivity index (χ1n) is 4.43. The number of carbonyl (C=O) groups is 1. The molecule has 0 saturated carbocycles. The zero-order valence-corrected chi connectivity index (χ0v) is 8.18. The highest BCUT2D eigenvalue weighted by Crippen LogP contribution is 2.24. The molecule has 1 aromatic heterocycles. The Kier molecular flexibility index (Phi) is 2.24. The first-order chi connectivity index (χ1) is 7.56. The van der Waals surface area contributed by atoms with E-state index in [1.54, 1.807) is 18.2 Å². The first-order valence-corrected chi connectivity index (χ1v) is 4.43. The molecule has 2 rings (SSSR count). The highest BCUT2D eigenvalue weighted by atomic mass is 16.4. The Morgan fingerprint density at radius 2 is 2.06 bits per heavy atom. The molecule has 0 amide bonds. The van der Waals surface area contributed by atoms with Gasteiger partial charge in [0.05, 0.1) is 5.69 Å². The predicted octanol–water partition coefficient (Wildman–Crippen LogP) is 1.04. The topological polar surface area (TPSA) is 115 Å². The van der Waals surface area contributed by atoms with Gasteiger partial charge < -0.3 is 21.0 Å². The van der Waals surface area contributed by atoms with Crippen molar-refractivity contribution >= 4 is 28.6 Å². The molecule has 0 aliphatic rings. The van der Waals surface area contributed by atoms with E-state index in [-0.39, 0.29) is 11.7 Å². The molecule has 6 nitrogen and oxygen atoms in total. The fourth-order valence-electron chi connectivity index (χ4n) is 1.35. The summed E-state index contributed by atoms with van der Waals surface area (Å²) in [5, 5.41) is 9.38. The molecule has 0 fully saturated rings. The number of nitrogens with two attached hydrogens (primary N) is 2. The number of aromatic carboxylic acids is 1. The third kappa shape index (κ3) is 1.81. The van der Waals surface area contributed by atoms with E-state index in [4.69, 9.17) is 21.0 Å². The number of nitrogens with zero attached hydrogens (tertiary/aromatic N) is 1. The van der Waals surface area contributed by atoms with Crippen molar-refractivity contribution in [1.82, 2.24) is 0 Å². The lowest BCUT2D eigenvalue weighted by molar-refractivity contribution is 0.0665. The van der Waals surface area contributed by atoms with Crippen LogP contribution in [0.4, 0.5) is 5.69 Å². The van der Waals surface area contributed by atoms with Crippen LogP contribution < -0.4 is 11.5 Å². The molecule has 5 N–H and O–H groups in total. The van der Waals surface area contributed by atoms with Gasteiger partial charge in [0.15, 0.2) is 5.96 Å². The van der Waals surface area contributed by atoms with Crippen LogP contribution in [0, 0.1) is 0 Å². The SMILES string of the molecule is NC(N)=Nc1ccc2oc(C(=O)O)cc2c1. The fourth-order valence-corrected chi connectivity index (χ4v) is 1.35. The lowest BCUT2D eigenvalue weighted by atomic mass is 10.2. The summed E-state index contributed by atoms with van der Waals surface area (Å²) in [6.07, 6.45) is 0. The van der Waals surface area contributed by atoms with Gasteiger partial charge in [-0.1, -0.05) is 0 Å². The quantitative estimate of drug-likeness (QED) is 0.515. The highest BCUT2D eigenvalue weighted by Gasteiger charge is 2.10. The summed E-state index contributed by atoms with van der Waals surface area (Å²) in [7, 11) is 0. The Morgan fingerprint density at radius 1 is 1.31 bits per heavy atom. The molecule has 0 spiro atoms. The normalized spacial score (nSPS) is 10.2. The van der Waals surface area contributed by atoms with Gasteiger partial charge in [0.1, 0.15) is 5.58 Å². The largest absolute Gasteiger partial charge is 0.475 e. The first kappa shape index (κ1) is 10.0. The number of carboxylic acid groups (broad SMARTS) is 1. The maximum atomic E-state index is 10.7. The number of carboxylic acids is 1. The van der Waals surface area contributed by atoms with Crippen molar-refractivity contribution in [3.63, 3.8) is 0 Å². The van der Waals surface area contributed by atoms with Crippen molar-refractivity contribution in [2.24, 2.45) is 16.5 Å². The second-order valence-corrected chi connectivity index (χ2v) is 3.17. The van der Waals surface area contributed by atoms with E-state index in [0.29, 0.717) is 16.7 Å². The van der Waals surface area contributed by atoms with Crippen molar-refractivity contribution in [2.75, 3.05) is 0 Å². The average molecular weight is 219 g/mol. The molecular weight excluding hydrogens is 210 g/mol. The Bertz CT molecular complexity index is 582. The van der Waals surface area contributed by atoms with E-state index in [1.807, 2.05) is 0 Å². The minimum Gasteiger partial charge on any atom is -0.475 e. The van der Waals surface area contributed by atoms with E-state index in [1.165, 1.54) is 6.07 Å². The molecule has 0 atom stereocenters. The fraction of sp³-hybridized carbons (Fsp3) is 0. The monoisotopic (exact) mass is 219 g/mol. The molecule has 0 aliphatic carbocycles. The van der Waals surface area contributed by atoms with Gasteiger partial charge in [-0.2, -0.15) is 0 Å². The van der Waals surface area contributed by atoms with Crippen molar-refractivity contribution in [3.8, 4) is 0 Å². The summed E-state index contributed by atoms with van der Waals surface area (Å²) < 4.78 is 5.08. The Balaban J connectivity index is 2.54. The maximum absolute atomic E-state index is 10.7. The summed E-state index contributed by atoms with van der Waals surface area (Å²) in [4.78, 5) is 14.5. The van der Waals surface area contributed by atoms with Crippen molar-refractivity contribution in [2.45, 2.75) is 0 Å². The number of fused-ring (bicyclic) bond motifs is 1. The number of guanidine groups is 1. The molecule has 82 valence electrons. The zero-order chi connectivity index (χ0) is 11.7. The van der Waals surface area contributed by atoms with Crippen molar-refractivity contribution in [3.05, 3.63) is 30.0 Å². The van der Waals surface area contributed by atoms with E-state index < -0.39 is 5.97 Å². The molecule has 2 aromatic rings. The van der Waals surface area contributed by atoms with Crippen LogP contribution in [-0.4, -0.2) is 17.0 Å². The van der Waals surface area contributed by atoms with E-state index in [0.717, 1.165) is 0 Å². The van der Waals surface area contributed by atoms with Gasteiger partial charge in [-0.3, -0.25) is 0 Å². The van der Waals surface area contributed by atoms with E-state index >= 15 is 0 Å². The zero-order valence-electron chi connectivity index (χ0n) is 8.18. The number of furan rings is 1. The third-order valence-electron chi connectivity index (χ3n) is 1.97. The smallest absolute Gasteiger partial charge is 0.371 e. The molecule has 0 bridgehead atoms. The summed E-state index contributed by atoms with van der Waals surface area (Å²) in [6.45, 7) is 0. The molecule has 0 aliphatic heterocycles. The standard InChI is InChI=1S/C10H9N3O3/c11-10(12)13-6-1-2-7-5(3-6)4-8(16-7)9(14)15/h1-4H,(H,14,15)(H4,11,12,13). The summed E-state index contributed by atoms with van der Waals surface area (Å²) in [5.74, 6) is -1.28. The Hall–Kier alpha value is -2.50. The number of hydrogen-bond donors (Lipinski definition) is 3. The summed E-state index contributed by atoms with van der Waals surface area (Å²) in [5.41, 5.74) is 11.5. The van der Waals surface area contributed by atoms with E-state index in [9.17, 15) is 4.79 Å². The second kappa shape index (κ2) is 3.58. The summed E-state index contributed by atoms with van der Waals surface area (Å²) in [6, 6.07) is 6.31. The molecule has 1 heterocycles. The van der Waals surface area contributed by atoms with Crippen LogP contribution in [0.2, 0.25) is 0 Å². The number of hydrogen-bond acceptors (Lipinski definition) is 3. The van der Waals surface area contributed by atoms with Gasteiger partial charge in [-0.05, 0) is 24.3 Å². The van der Waals surface area contributed by atoms with Crippen molar-refractivity contribution < 1.29 is 14.3 Å². The number of rotatable bonds is 2. The van der Waals surface area contributed by atoms with Crippen LogP contribution >= 0.6 is 0 Å². The van der Waals surface area contributed by atoms with Crippen LogP contribution in [-0.2, 0) is 0 Å². The molecule has 0 unspecified atom stereocenters. The van der Waals surface area contributed by atoms with Gasteiger partial charge in [0, 0.05) is 5.39 Å². The molecule has 6 heteroatoms. The van der Waals surface area contributed by atoms with Crippen LogP contribution in [0.1, 0.15) is 10.6 Å². The lowest BCUT2D eigenvalue weighted by Crippen LogP contribution is -2.21. The van der Waals surface area contributed by atoms with Crippen LogP contribution in [0.3, 0.4) is 0 Å². The lowest BCUT2D eigenvalue weighted by Gasteiger charge is -1.94. The van der Waals surface area contributed by atoms with Gasteiger partial charge in [-0.15, -0.1) is 0 Å². The predicted molar refractivity (Wildman–Crippen MR) is 58.6 cm³/mol. The number of aliphatic imine (C=N–C) groups is 1. The average Bonchev–Trinajstić information content (AvgIpc) is 2.59.